The third-order valence-corrected chi connectivity index (χ3v) is 3.64. The Bertz CT molecular complexity index is 504. The van der Waals surface area contributed by atoms with E-state index in [0.717, 1.165) is 6.07 Å². The smallest absolute Gasteiger partial charge is 0.239 e. The van der Waals surface area contributed by atoms with Crippen molar-refractivity contribution in [1.82, 2.24) is 10.2 Å². The fraction of sp³-hybridized carbons (Fsp3) is 0.533. The molecule has 2 rings (SSSR count). The van der Waals surface area contributed by atoms with Crippen molar-refractivity contribution >= 4 is 5.91 Å². The van der Waals surface area contributed by atoms with Crippen LogP contribution < -0.4 is 5.32 Å². The number of nitrogens with zero attached hydrogens (tertiary/aromatic N) is 1. The number of hydrogen-bond acceptors (Lipinski definition) is 4. The average molecular weight is 296 g/mol. The van der Waals surface area contributed by atoms with Crippen molar-refractivity contribution in [3.05, 3.63) is 29.6 Å². The lowest BCUT2D eigenvalue weighted by Crippen LogP contribution is -2.49. The highest BCUT2D eigenvalue weighted by Gasteiger charge is 2.24. The van der Waals surface area contributed by atoms with Crippen LogP contribution in [0.5, 0.6) is 5.75 Å². The summed E-state index contributed by atoms with van der Waals surface area (Å²) < 4.78 is 19.0. The van der Waals surface area contributed by atoms with Crippen LogP contribution in [0, 0.1) is 5.82 Å². The number of phenolic OH excluding ortho intramolecular Hbond substituents is 1. The predicted octanol–water partition coefficient (Wildman–Crippen LogP) is 1.43. The molecule has 2 atom stereocenters. The van der Waals surface area contributed by atoms with Crippen molar-refractivity contribution in [1.29, 1.82) is 0 Å². The molecule has 0 bridgehead atoms. The summed E-state index contributed by atoms with van der Waals surface area (Å²) in [4.78, 5) is 14.0. The van der Waals surface area contributed by atoms with E-state index in [1.165, 1.54) is 12.1 Å². The Morgan fingerprint density at radius 1 is 1.38 bits per heavy atom. The fourth-order valence-corrected chi connectivity index (χ4v) is 2.46. The lowest BCUT2D eigenvalue weighted by molar-refractivity contribution is -0.137. The number of nitrogens with one attached hydrogen (secondary N) is 1. The number of ether oxygens (including phenoxy) is 1. The Kier molecular flexibility index (Phi) is 5.14. The number of phenols is 1. The standard InChI is InChI=1S/C15H21FN2O3/c1-10(13-4-3-12(19)9-14(13)16)17-11(2)15(20)18-5-7-21-8-6-18/h3-4,9-11,17,19H,5-8H2,1-2H3. The van der Waals surface area contributed by atoms with Crippen LogP contribution in [0.3, 0.4) is 0 Å². The zero-order valence-electron chi connectivity index (χ0n) is 12.3. The maximum Gasteiger partial charge on any atom is 0.239 e. The summed E-state index contributed by atoms with van der Waals surface area (Å²) in [7, 11) is 0. The van der Waals surface area contributed by atoms with Crippen LogP contribution in [-0.4, -0.2) is 48.3 Å². The second-order valence-electron chi connectivity index (χ2n) is 5.25. The minimum Gasteiger partial charge on any atom is -0.508 e. The highest BCUT2D eigenvalue weighted by atomic mass is 19.1. The van der Waals surface area contributed by atoms with Crippen LogP contribution in [0.25, 0.3) is 0 Å². The van der Waals surface area contributed by atoms with E-state index >= 15 is 0 Å². The molecule has 0 aromatic heterocycles. The molecule has 2 N–H and O–H groups in total. The van der Waals surface area contributed by atoms with Gasteiger partial charge in [0.15, 0.2) is 0 Å². The molecule has 1 amide bonds. The van der Waals surface area contributed by atoms with Gasteiger partial charge in [-0.25, -0.2) is 4.39 Å². The predicted molar refractivity (Wildman–Crippen MR) is 76.5 cm³/mol. The highest BCUT2D eigenvalue weighted by molar-refractivity contribution is 5.81. The van der Waals surface area contributed by atoms with E-state index in [9.17, 15) is 14.3 Å². The molecule has 0 saturated carbocycles. The SMILES string of the molecule is CC(NC(C)c1ccc(O)cc1F)C(=O)N1CCOCC1. The van der Waals surface area contributed by atoms with Gasteiger partial charge in [-0.3, -0.25) is 10.1 Å². The van der Waals surface area contributed by atoms with Crippen LogP contribution in [-0.2, 0) is 9.53 Å². The summed E-state index contributed by atoms with van der Waals surface area (Å²) in [6.45, 7) is 5.85. The molecular formula is C15H21FN2O3. The van der Waals surface area contributed by atoms with E-state index in [0.29, 0.717) is 31.9 Å². The van der Waals surface area contributed by atoms with Crippen molar-refractivity contribution in [3.63, 3.8) is 0 Å². The molecule has 21 heavy (non-hydrogen) atoms. The molecular weight excluding hydrogens is 275 g/mol. The van der Waals surface area contributed by atoms with E-state index in [1.807, 2.05) is 0 Å². The second kappa shape index (κ2) is 6.87. The lowest BCUT2D eigenvalue weighted by atomic mass is 10.1. The van der Waals surface area contributed by atoms with Gasteiger partial charge in [0.25, 0.3) is 0 Å². The Balaban J connectivity index is 1.97. The first-order valence-electron chi connectivity index (χ1n) is 7.10. The van der Waals surface area contributed by atoms with Crippen molar-refractivity contribution < 1.29 is 19.0 Å². The minimum absolute atomic E-state index is 0.00987. The Hall–Kier alpha value is -1.66. The van der Waals surface area contributed by atoms with Gasteiger partial charge in [-0.05, 0) is 19.9 Å². The van der Waals surface area contributed by atoms with Crippen LogP contribution >= 0.6 is 0 Å². The molecule has 0 aliphatic carbocycles. The van der Waals surface area contributed by atoms with Gasteiger partial charge >= 0.3 is 0 Å². The minimum atomic E-state index is -0.485. The maximum absolute atomic E-state index is 13.8. The number of aromatic hydroxyl groups is 1. The van der Waals surface area contributed by atoms with Gasteiger partial charge in [-0.15, -0.1) is 0 Å². The zero-order valence-corrected chi connectivity index (χ0v) is 12.3. The van der Waals surface area contributed by atoms with Crippen LogP contribution in [0.4, 0.5) is 4.39 Å². The Morgan fingerprint density at radius 2 is 2.05 bits per heavy atom. The normalized spacial score (nSPS) is 18.3. The number of morpholine rings is 1. The van der Waals surface area contributed by atoms with E-state index in [4.69, 9.17) is 4.74 Å². The molecule has 1 saturated heterocycles. The van der Waals surface area contributed by atoms with Gasteiger partial charge in [0.1, 0.15) is 11.6 Å². The third kappa shape index (κ3) is 3.92. The Labute approximate surface area is 123 Å². The summed E-state index contributed by atoms with van der Waals surface area (Å²) in [5, 5.41) is 12.3. The number of carbonyl (C=O) groups is 1. The second-order valence-corrected chi connectivity index (χ2v) is 5.25. The summed E-state index contributed by atoms with van der Waals surface area (Å²) in [6.07, 6.45) is 0. The number of halogens is 1. The van der Waals surface area contributed by atoms with Crippen molar-refractivity contribution in [2.24, 2.45) is 0 Å². The monoisotopic (exact) mass is 296 g/mol. The fourth-order valence-electron chi connectivity index (χ4n) is 2.46. The van der Waals surface area contributed by atoms with Crippen LogP contribution in [0.15, 0.2) is 18.2 Å². The summed E-state index contributed by atoms with van der Waals surface area (Å²) in [5.74, 6) is -0.605. The Morgan fingerprint density at radius 3 is 2.67 bits per heavy atom. The molecule has 2 unspecified atom stereocenters. The number of benzene rings is 1. The van der Waals surface area contributed by atoms with Gasteiger partial charge in [0.05, 0.1) is 19.3 Å². The van der Waals surface area contributed by atoms with E-state index in [1.54, 1.807) is 18.7 Å². The first kappa shape index (κ1) is 15.7. The lowest BCUT2D eigenvalue weighted by Gasteiger charge is -2.30. The largest absolute Gasteiger partial charge is 0.508 e. The molecule has 116 valence electrons. The van der Waals surface area contributed by atoms with E-state index in [2.05, 4.69) is 5.32 Å². The first-order valence-corrected chi connectivity index (χ1v) is 7.10. The van der Waals surface area contributed by atoms with Crippen LogP contribution in [0.2, 0.25) is 0 Å². The van der Waals surface area contributed by atoms with Gasteiger partial charge in [-0.1, -0.05) is 6.07 Å². The molecule has 0 spiro atoms. The number of amides is 1. The summed E-state index contributed by atoms with van der Waals surface area (Å²) >= 11 is 0. The molecule has 1 aliphatic heterocycles. The number of hydrogen-bond donors (Lipinski definition) is 2. The van der Waals surface area contributed by atoms with Crippen molar-refractivity contribution in [2.45, 2.75) is 25.9 Å². The molecule has 1 aliphatic rings. The highest BCUT2D eigenvalue weighted by Crippen LogP contribution is 2.21. The topological polar surface area (TPSA) is 61.8 Å². The van der Waals surface area contributed by atoms with Crippen LogP contribution in [0.1, 0.15) is 25.5 Å². The maximum atomic E-state index is 13.8. The number of rotatable bonds is 4. The van der Waals surface area contributed by atoms with Crippen molar-refractivity contribution in [2.75, 3.05) is 26.3 Å². The molecule has 1 aromatic rings. The quantitative estimate of drug-likeness (QED) is 0.882. The molecule has 5 nitrogen and oxygen atoms in total. The molecule has 1 fully saturated rings. The van der Waals surface area contributed by atoms with E-state index in [-0.39, 0.29) is 17.7 Å². The molecule has 6 heteroatoms. The van der Waals surface area contributed by atoms with Gasteiger partial charge in [-0.2, -0.15) is 0 Å². The molecule has 1 aromatic carbocycles. The molecule has 1 heterocycles. The van der Waals surface area contributed by atoms with Crippen molar-refractivity contribution in [3.8, 4) is 5.75 Å². The number of carbonyl (C=O) groups excluding carboxylic acids is 1. The third-order valence-electron chi connectivity index (χ3n) is 3.64. The van der Waals surface area contributed by atoms with Gasteiger partial charge < -0.3 is 14.7 Å². The average Bonchev–Trinajstić information content (AvgIpc) is 2.47. The van der Waals surface area contributed by atoms with E-state index < -0.39 is 11.9 Å². The summed E-state index contributed by atoms with van der Waals surface area (Å²) in [5.41, 5.74) is 0.425. The molecule has 0 radical (unpaired) electrons. The van der Waals surface area contributed by atoms with Gasteiger partial charge in [0.2, 0.25) is 5.91 Å². The zero-order chi connectivity index (χ0) is 15.4. The summed E-state index contributed by atoms with van der Waals surface area (Å²) in [6, 6.07) is 3.29. The first-order chi connectivity index (χ1) is 9.99. The van der Waals surface area contributed by atoms with Gasteiger partial charge in [0, 0.05) is 30.8 Å².